The van der Waals surface area contributed by atoms with Gasteiger partial charge in [-0.3, -0.25) is 9.59 Å². The number of carbonyl (C=O) groups is 1. The SMILES string of the molecule is O=C(NCc1nnc2ccc(-c3ccsc3)nn12)c1cc(=O)[nH]c2ccccc12. The minimum Gasteiger partial charge on any atom is -0.345 e. The zero-order chi connectivity index (χ0) is 19.8. The molecule has 0 atom stereocenters. The molecule has 1 amide bonds. The van der Waals surface area contributed by atoms with Gasteiger partial charge in [0, 0.05) is 27.9 Å². The number of aromatic nitrogens is 5. The van der Waals surface area contributed by atoms with Crippen LogP contribution < -0.4 is 10.9 Å². The average Bonchev–Trinajstić information content (AvgIpc) is 3.41. The summed E-state index contributed by atoms with van der Waals surface area (Å²) in [6.07, 6.45) is 0. The number of pyridine rings is 1. The second kappa shape index (κ2) is 6.95. The Bertz CT molecular complexity index is 1400. The van der Waals surface area contributed by atoms with E-state index in [0.717, 1.165) is 11.3 Å². The molecule has 4 aromatic heterocycles. The van der Waals surface area contributed by atoms with Crippen molar-refractivity contribution in [3.05, 3.63) is 81.0 Å². The molecule has 29 heavy (non-hydrogen) atoms. The van der Waals surface area contributed by atoms with E-state index in [9.17, 15) is 9.59 Å². The number of hydrogen-bond acceptors (Lipinski definition) is 6. The van der Waals surface area contributed by atoms with Crippen LogP contribution in [-0.4, -0.2) is 30.7 Å². The molecule has 0 spiro atoms. The Labute approximate surface area is 167 Å². The normalized spacial score (nSPS) is 11.2. The highest BCUT2D eigenvalue weighted by Gasteiger charge is 2.14. The maximum Gasteiger partial charge on any atom is 0.252 e. The molecule has 0 aliphatic rings. The Balaban J connectivity index is 1.44. The smallest absolute Gasteiger partial charge is 0.252 e. The molecule has 0 aliphatic carbocycles. The number of thiophene rings is 1. The summed E-state index contributed by atoms with van der Waals surface area (Å²) >= 11 is 1.59. The molecule has 5 rings (SSSR count). The molecular formula is C20H14N6O2S. The molecule has 0 radical (unpaired) electrons. The van der Waals surface area contributed by atoms with Crippen LogP contribution in [0.4, 0.5) is 0 Å². The third-order valence-corrected chi connectivity index (χ3v) is 5.23. The third kappa shape index (κ3) is 3.17. The van der Waals surface area contributed by atoms with Crippen molar-refractivity contribution in [2.45, 2.75) is 6.54 Å². The van der Waals surface area contributed by atoms with Gasteiger partial charge < -0.3 is 10.3 Å². The zero-order valence-corrected chi connectivity index (χ0v) is 15.8. The maximum absolute atomic E-state index is 12.8. The van der Waals surface area contributed by atoms with Gasteiger partial charge in [-0.15, -0.1) is 10.2 Å². The Kier molecular flexibility index (Phi) is 4.14. The van der Waals surface area contributed by atoms with Crippen LogP contribution in [0.1, 0.15) is 16.2 Å². The summed E-state index contributed by atoms with van der Waals surface area (Å²) in [6.45, 7) is 0.126. The van der Waals surface area contributed by atoms with Crippen molar-refractivity contribution in [3.8, 4) is 11.3 Å². The number of nitrogens with zero attached hydrogens (tertiary/aromatic N) is 4. The Hall–Kier alpha value is -3.85. The van der Waals surface area contributed by atoms with Gasteiger partial charge in [-0.05, 0) is 29.6 Å². The molecule has 1 aromatic carbocycles. The van der Waals surface area contributed by atoms with Crippen LogP contribution in [0.5, 0.6) is 0 Å². The number of H-pyrrole nitrogens is 1. The number of para-hydroxylation sites is 1. The molecule has 2 N–H and O–H groups in total. The lowest BCUT2D eigenvalue weighted by atomic mass is 10.1. The summed E-state index contributed by atoms with van der Waals surface area (Å²) in [5.74, 6) is 0.137. The quantitative estimate of drug-likeness (QED) is 0.481. The summed E-state index contributed by atoms with van der Waals surface area (Å²) in [5, 5.41) is 20.3. The van der Waals surface area contributed by atoms with Crippen molar-refractivity contribution in [3.63, 3.8) is 0 Å². The molecule has 9 heteroatoms. The topological polar surface area (TPSA) is 105 Å². The first kappa shape index (κ1) is 17.3. The fraction of sp³-hybridized carbons (Fsp3) is 0.0500. The molecule has 5 aromatic rings. The summed E-state index contributed by atoms with van der Waals surface area (Å²) < 4.78 is 1.61. The molecule has 142 valence electrons. The number of nitrogens with one attached hydrogen (secondary N) is 2. The van der Waals surface area contributed by atoms with Gasteiger partial charge >= 0.3 is 0 Å². The number of rotatable bonds is 4. The minimum atomic E-state index is -0.363. The predicted octanol–water partition coefficient (Wildman–Crippen LogP) is 2.62. The van der Waals surface area contributed by atoms with E-state index in [1.807, 2.05) is 35.0 Å². The highest BCUT2D eigenvalue weighted by Crippen LogP contribution is 2.20. The lowest BCUT2D eigenvalue weighted by Gasteiger charge is -2.07. The number of carbonyl (C=O) groups excluding carboxylic acids is 1. The van der Waals surface area contributed by atoms with E-state index in [1.54, 1.807) is 34.1 Å². The van der Waals surface area contributed by atoms with E-state index in [4.69, 9.17) is 0 Å². The first-order chi connectivity index (χ1) is 14.2. The standard InChI is InChI=1S/C20H14N6O2S/c27-19-9-14(13-3-1-2-4-16(13)22-19)20(28)21-10-18-24-23-17-6-5-15(25-26(17)18)12-7-8-29-11-12/h1-9,11H,10H2,(H,21,28)(H,22,27). The largest absolute Gasteiger partial charge is 0.345 e. The van der Waals surface area contributed by atoms with Crippen molar-refractivity contribution >= 4 is 33.8 Å². The fourth-order valence-corrected chi connectivity index (χ4v) is 3.80. The number of fused-ring (bicyclic) bond motifs is 2. The van der Waals surface area contributed by atoms with Crippen molar-refractivity contribution < 1.29 is 4.79 Å². The number of hydrogen-bond donors (Lipinski definition) is 2. The molecule has 0 aliphatic heterocycles. The van der Waals surface area contributed by atoms with Crippen LogP contribution in [-0.2, 0) is 6.54 Å². The van der Waals surface area contributed by atoms with Crippen LogP contribution in [0.2, 0.25) is 0 Å². The Morgan fingerprint density at radius 2 is 2.03 bits per heavy atom. The molecule has 0 saturated carbocycles. The highest BCUT2D eigenvalue weighted by atomic mass is 32.1. The number of benzene rings is 1. The van der Waals surface area contributed by atoms with Crippen LogP contribution >= 0.6 is 11.3 Å². The predicted molar refractivity (Wildman–Crippen MR) is 110 cm³/mol. The van der Waals surface area contributed by atoms with Gasteiger partial charge in [-0.2, -0.15) is 21.0 Å². The van der Waals surface area contributed by atoms with E-state index in [-0.39, 0.29) is 18.0 Å². The van der Waals surface area contributed by atoms with Crippen molar-refractivity contribution in [2.24, 2.45) is 0 Å². The van der Waals surface area contributed by atoms with E-state index < -0.39 is 0 Å². The maximum atomic E-state index is 12.8. The third-order valence-electron chi connectivity index (χ3n) is 4.55. The number of amides is 1. The number of aromatic amines is 1. The van der Waals surface area contributed by atoms with Crippen LogP contribution in [0.15, 0.2) is 64.1 Å². The minimum absolute atomic E-state index is 0.126. The highest BCUT2D eigenvalue weighted by molar-refractivity contribution is 7.08. The van der Waals surface area contributed by atoms with E-state index in [0.29, 0.717) is 27.9 Å². The fourth-order valence-electron chi connectivity index (χ4n) is 3.15. The van der Waals surface area contributed by atoms with Gasteiger partial charge in [0.1, 0.15) is 0 Å². The molecule has 0 unspecified atom stereocenters. The average molecular weight is 402 g/mol. The van der Waals surface area contributed by atoms with Crippen LogP contribution in [0, 0.1) is 0 Å². The Morgan fingerprint density at radius 1 is 1.14 bits per heavy atom. The molecule has 8 nitrogen and oxygen atoms in total. The lowest BCUT2D eigenvalue weighted by molar-refractivity contribution is 0.0951. The second-order valence-corrected chi connectivity index (χ2v) is 7.17. The molecule has 4 heterocycles. The summed E-state index contributed by atoms with van der Waals surface area (Å²) in [6, 6.07) is 14.2. The van der Waals surface area contributed by atoms with Gasteiger partial charge in [0.05, 0.1) is 17.8 Å². The summed E-state index contributed by atoms with van der Waals surface area (Å²) in [4.78, 5) is 27.4. The van der Waals surface area contributed by atoms with Crippen molar-refractivity contribution in [2.75, 3.05) is 0 Å². The van der Waals surface area contributed by atoms with Crippen molar-refractivity contribution in [1.82, 2.24) is 30.1 Å². The van der Waals surface area contributed by atoms with E-state index in [2.05, 4.69) is 25.6 Å². The van der Waals surface area contributed by atoms with Crippen LogP contribution in [0.3, 0.4) is 0 Å². The lowest BCUT2D eigenvalue weighted by Crippen LogP contribution is -2.26. The van der Waals surface area contributed by atoms with E-state index in [1.165, 1.54) is 6.07 Å². The van der Waals surface area contributed by atoms with Gasteiger partial charge in [0.25, 0.3) is 5.91 Å². The molecule has 0 fully saturated rings. The van der Waals surface area contributed by atoms with Crippen LogP contribution in [0.25, 0.3) is 27.8 Å². The monoisotopic (exact) mass is 402 g/mol. The van der Waals surface area contributed by atoms with Gasteiger partial charge in [-0.25, -0.2) is 0 Å². The summed E-state index contributed by atoms with van der Waals surface area (Å²) in [7, 11) is 0. The first-order valence-electron chi connectivity index (χ1n) is 8.83. The Morgan fingerprint density at radius 3 is 2.90 bits per heavy atom. The molecule has 0 saturated heterocycles. The molecule has 0 bridgehead atoms. The second-order valence-electron chi connectivity index (χ2n) is 6.39. The van der Waals surface area contributed by atoms with Crippen molar-refractivity contribution in [1.29, 1.82) is 0 Å². The van der Waals surface area contributed by atoms with Gasteiger partial charge in [0.2, 0.25) is 5.56 Å². The zero-order valence-electron chi connectivity index (χ0n) is 15.0. The summed E-state index contributed by atoms with van der Waals surface area (Å²) in [5.41, 5.74) is 2.99. The first-order valence-corrected chi connectivity index (χ1v) is 9.77. The van der Waals surface area contributed by atoms with E-state index >= 15 is 0 Å². The van der Waals surface area contributed by atoms with Gasteiger partial charge in [-0.1, -0.05) is 18.2 Å². The van der Waals surface area contributed by atoms with Gasteiger partial charge in [0.15, 0.2) is 11.5 Å². The molecular weight excluding hydrogens is 388 g/mol.